The Morgan fingerprint density at radius 2 is 1.96 bits per heavy atom. The molecule has 1 aliphatic rings. The van der Waals surface area contributed by atoms with Gasteiger partial charge in [0.25, 0.3) is 0 Å². The van der Waals surface area contributed by atoms with Gasteiger partial charge in [0.15, 0.2) is 16.6 Å². The van der Waals surface area contributed by atoms with Crippen LogP contribution in [0.2, 0.25) is 10.0 Å². The normalized spacial score (nSPS) is 12.4. The Kier molecular flexibility index (Phi) is 4.85. The second kappa shape index (κ2) is 7.04. The molecule has 2 aromatic carbocycles. The molecule has 0 saturated heterocycles. The minimum absolute atomic E-state index is 0.240. The SMILES string of the molecule is S=C(NN=Cc1ccc2c(c1)OCO2)Nc1ccc(Cl)cc1Cl. The van der Waals surface area contributed by atoms with Crippen LogP contribution in [0, 0.1) is 0 Å². The van der Waals surface area contributed by atoms with E-state index in [0.717, 1.165) is 11.3 Å². The summed E-state index contributed by atoms with van der Waals surface area (Å²) in [5, 5.41) is 8.34. The zero-order chi connectivity index (χ0) is 16.2. The highest BCUT2D eigenvalue weighted by molar-refractivity contribution is 7.80. The van der Waals surface area contributed by atoms with E-state index in [1.807, 2.05) is 18.2 Å². The van der Waals surface area contributed by atoms with Gasteiger partial charge in [0.1, 0.15) is 0 Å². The van der Waals surface area contributed by atoms with Crippen LogP contribution in [-0.2, 0) is 0 Å². The Balaban J connectivity index is 1.58. The van der Waals surface area contributed by atoms with Crippen LogP contribution in [0.15, 0.2) is 41.5 Å². The van der Waals surface area contributed by atoms with Crippen molar-refractivity contribution < 1.29 is 9.47 Å². The van der Waals surface area contributed by atoms with Gasteiger partial charge in [0.05, 0.1) is 16.9 Å². The van der Waals surface area contributed by atoms with Crippen molar-refractivity contribution >= 4 is 52.4 Å². The third-order valence-electron chi connectivity index (χ3n) is 2.96. The number of rotatable bonds is 3. The van der Waals surface area contributed by atoms with E-state index in [1.54, 1.807) is 24.4 Å². The smallest absolute Gasteiger partial charge is 0.231 e. The van der Waals surface area contributed by atoms with Crippen LogP contribution in [0.1, 0.15) is 5.56 Å². The molecular formula is C15H11Cl2N3O2S. The summed E-state index contributed by atoms with van der Waals surface area (Å²) in [7, 11) is 0. The molecule has 3 rings (SSSR count). The number of nitrogens with zero attached hydrogens (tertiary/aromatic N) is 1. The quantitative estimate of drug-likeness (QED) is 0.487. The first-order valence-electron chi connectivity index (χ1n) is 6.56. The lowest BCUT2D eigenvalue weighted by atomic mass is 10.2. The van der Waals surface area contributed by atoms with Crippen molar-refractivity contribution in [2.24, 2.45) is 5.10 Å². The van der Waals surface area contributed by atoms with Gasteiger partial charge in [-0.1, -0.05) is 23.2 Å². The van der Waals surface area contributed by atoms with E-state index in [0.29, 0.717) is 26.6 Å². The largest absolute Gasteiger partial charge is 0.454 e. The van der Waals surface area contributed by atoms with Gasteiger partial charge >= 0.3 is 0 Å². The zero-order valence-corrected chi connectivity index (χ0v) is 14.0. The predicted octanol–water partition coefficient (Wildman–Crippen LogP) is 4.04. The molecule has 8 heteroatoms. The van der Waals surface area contributed by atoms with Crippen LogP contribution in [0.4, 0.5) is 5.69 Å². The maximum Gasteiger partial charge on any atom is 0.231 e. The lowest BCUT2D eigenvalue weighted by Gasteiger charge is -2.08. The minimum Gasteiger partial charge on any atom is -0.454 e. The van der Waals surface area contributed by atoms with E-state index in [4.69, 9.17) is 44.9 Å². The third kappa shape index (κ3) is 4.04. The number of hydrogen-bond donors (Lipinski definition) is 2. The maximum atomic E-state index is 6.06. The van der Waals surface area contributed by atoms with Crippen molar-refractivity contribution in [3.05, 3.63) is 52.0 Å². The number of hydrazone groups is 1. The van der Waals surface area contributed by atoms with Gasteiger partial charge in [0.2, 0.25) is 6.79 Å². The molecule has 0 saturated carbocycles. The molecule has 2 N–H and O–H groups in total. The summed E-state index contributed by atoms with van der Waals surface area (Å²) in [5.41, 5.74) is 4.22. The summed E-state index contributed by atoms with van der Waals surface area (Å²) in [6.07, 6.45) is 1.62. The topological polar surface area (TPSA) is 54.9 Å². The van der Waals surface area contributed by atoms with Crippen LogP contribution in [0.5, 0.6) is 11.5 Å². The van der Waals surface area contributed by atoms with Gasteiger partial charge < -0.3 is 14.8 Å². The number of ether oxygens (including phenoxy) is 2. The summed E-state index contributed by atoms with van der Waals surface area (Å²) < 4.78 is 10.5. The predicted molar refractivity (Wildman–Crippen MR) is 96.0 cm³/mol. The van der Waals surface area contributed by atoms with Gasteiger partial charge in [-0.15, -0.1) is 0 Å². The molecule has 0 aliphatic carbocycles. The number of fused-ring (bicyclic) bond motifs is 1. The van der Waals surface area contributed by atoms with Crippen LogP contribution in [0.3, 0.4) is 0 Å². The van der Waals surface area contributed by atoms with E-state index >= 15 is 0 Å². The molecule has 2 aromatic rings. The molecule has 0 unspecified atom stereocenters. The summed E-state index contributed by atoms with van der Waals surface area (Å²) in [6.45, 7) is 0.240. The first-order valence-corrected chi connectivity index (χ1v) is 7.73. The van der Waals surface area contributed by atoms with Gasteiger partial charge in [0, 0.05) is 5.02 Å². The van der Waals surface area contributed by atoms with Gasteiger partial charge in [-0.25, -0.2) is 0 Å². The minimum atomic E-state index is 0.240. The Labute approximate surface area is 148 Å². The molecule has 1 heterocycles. The number of halogens is 2. The van der Waals surface area contributed by atoms with Crippen molar-refractivity contribution in [2.45, 2.75) is 0 Å². The van der Waals surface area contributed by atoms with Crippen LogP contribution < -0.4 is 20.2 Å². The Bertz CT molecular complexity index is 783. The molecule has 0 radical (unpaired) electrons. The van der Waals surface area contributed by atoms with E-state index in [9.17, 15) is 0 Å². The fourth-order valence-electron chi connectivity index (χ4n) is 1.90. The molecule has 0 fully saturated rings. The second-order valence-corrected chi connectivity index (χ2v) is 5.81. The van der Waals surface area contributed by atoms with Gasteiger partial charge in [-0.2, -0.15) is 5.10 Å². The number of benzene rings is 2. The van der Waals surface area contributed by atoms with Crippen molar-refractivity contribution in [1.29, 1.82) is 0 Å². The van der Waals surface area contributed by atoms with Crippen LogP contribution in [-0.4, -0.2) is 18.1 Å². The summed E-state index contributed by atoms with van der Waals surface area (Å²) in [5.74, 6) is 1.42. The number of anilines is 1. The van der Waals surface area contributed by atoms with Crippen LogP contribution in [0.25, 0.3) is 0 Å². The van der Waals surface area contributed by atoms with E-state index in [2.05, 4.69) is 15.8 Å². The Morgan fingerprint density at radius 1 is 1.13 bits per heavy atom. The van der Waals surface area contributed by atoms with Crippen LogP contribution >= 0.6 is 35.4 Å². The maximum absolute atomic E-state index is 6.06. The molecule has 0 aromatic heterocycles. The van der Waals surface area contributed by atoms with Crippen molar-refractivity contribution in [3.63, 3.8) is 0 Å². The average Bonchev–Trinajstić information content (AvgIpc) is 2.98. The van der Waals surface area contributed by atoms with E-state index < -0.39 is 0 Å². The van der Waals surface area contributed by atoms with Crippen molar-refractivity contribution in [1.82, 2.24) is 5.43 Å². The fourth-order valence-corrected chi connectivity index (χ4v) is 2.52. The van der Waals surface area contributed by atoms with Crippen molar-refractivity contribution in [2.75, 3.05) is 12.1 Å². The highest BCUT2D eigenvalue weighted by atomic mass is 35.5. The van der Waals surface area contributed by atoms with Gasteiger partial charge in [-0.05, 0) is 54.2 Å². The highest BCUT2D eigenvalue weighted by Crippen LogP contribution is 2.32. The summed E-state index contributed by atoms with van der Waals surface area (Å²) >= 11 is 17.1. The molecule has 23 heavy (non-hydrogen) atoms. The number of hydrogen-bond acceptors (Lipinski definition) is 4. The fraction of sp³-hybridized carbons (Fsp3) is 0.0667. The molecule has 118 valence electrons. The molecule has 5 nitrogen and oxygen atoms in total. The standard InChI is InChI=1S/C15H11Cl2N3O2S/c16-10-2-3-12(11(17)6-10)19-15(23)20-18-7-9-1-4-13-14(5-9)22-8-21-13/h1-7H,8H2,(H2,19,20,23). The summed E-state index contributed by atoms with van der Waals surface area (Å²) in [6, 6.07) is 10.6. The molecule has 0 bridgehead atoms. The molecule has 0 atom stereocenters. The highest BCUT2D eigenvalue weighted by Gasteiger charge is 2.12. The third-order valence-corrected chi connectivity index (χ3v) is 3.70. The number of nitrogens with one attached hydrogen (secondary N) is 2. The first-order chi connectivity index (χ1) is 11.1. The van der Waals surface area contributed by atoms with E-state index in [-0.39, 0.29) is 6.79 Å². The second-order valence-electron chi connectivity index (χ2n) is 4.56. The van der Waals surface area contributed by atoms with Gasteiger partial charge in [-0.3, -0.25) is 5.43 Å². The lowest BCUT2D eigenvalue weighted by molar-refractivity contribution is 0.174. The first kappa shape index (κ1) is 15.9. The molecule has 0 amide bonds. The summed E-state index contributed by atoms with van der Waals surface area (Å²) in [4.78, 5) is 0. The molecule has 1 aliphatic heterocycles. The number of thiocarbonyl (C=S) groups is 1. The van der Waals surface area contributed by atoms with Crippen molar-refractivity contribution in [3.8, 4) is 11.5 Å². The Hall–Kier alpha value is -2.02. The monoisotopic (exact) mass is 367 g/mol. The lowest BCUT2D eigenvalue weighted by Crippen LogP contribution is -2.24. The molecule has 0 spiro atoms. The zero-order valence-electron chi connectivity index (χ0n) is 11.7. The average molecular weight is 368 g/mol. The Morgan fingerprint density at radius 3 is 2.78 bits per heavy atom. The molecular weight excluding hydrogens is 357 g/mol. The van der Waals surface area contributed by atoms with E-state index in [1.165, 1.54) is 0 Å².